The van der Waals surface area contributed by atoms with Crippen molar-refractivity contribution in [3.63, 3.8) is 0 Å². The van der Waals surface area contributed by atoms with Crippen LogP contribution in [0.4, 0.5) is 0 Å². The van der Waals surface area contributed by atoms with E-state index in [4.69, 9.17) is 9.47 Å². The van der Waals surface area contributed by atoms with Crippen LogP contribution in [0.2, 0.25) is 0 Å². The van der Waals surface area contributed by atoms with Crippen LogP contribution in [0.3, 0.4) is 0 Å². The second kappa shape index (κ2) is 7.43. The molecule has 1 saturated carbocycles. The summed E-state index contributed by atoms with van der Waals surface area (Å²) in [6, 6.07) is 1.23. The van der Waals surface area contributed by atoms with Gasteiger partial charge in [0.1, 0.15) is 0 Å². The number of likely N-dealkylation sites (N-methyl/N-ethyl adjacent to an activating group) is 1. The van der Waals surface area contributed by atoms with Crippen molar-refractivity contribution >= 4 is 0 Å². The van der Waals surface area contributed by atoms with Gasteiger partial charge in [0.15, 0.2) is 0 Å². The second-order valence-corrected chi connectivity index (χ2v) is 5.45. The van der Waals surface area contributed by atoms with Gasteiger partial charge in [-0.3, -0.25) is 4.90 Å². The zero-order valence-electron chi connectivity index (χ0n) is 11.9. The Kier molecular flexibility index (Phi) is 5.89. The minimum atomic E-state index is 0.464. The summed E-state index contributed by atoms with van der Waals surface area (Å²) in [4.78, 5) is 2.66. The van der Waals surface area contributed by atoms with Crippen LogP contribution in [0.25, 0.3) is 0 Å². The molecule has 2 aliphatic rings. The fraction of sp³-hybridized carbons (Fsp3) is 1.00. The molecule has 1 N–H and O–H groups in total. The molecule has 1 aliphatic heterocycles. The third-order valence-corrected chi connectivity index (χ3v) is 4.30. The van der Waals surface area contributed by atoms with Gasteiger partial charge in [0, 0.05) is 32.3 Å². The molecular weight excluding hydrogens is 228 g/mol. The minimum absolute atomic E-state index is 0.464. The number of morpholine rings is 1. The van der Waals surface area contributed by atoms with Crippen molar-refractivity contribution in [2.75, 3.05) is 40.0 Å². The van der Waals surface area contributed by atoms with Gasteiger partial charge in [-0.15, -0.1) is 0 Å². The smallest absolute Gasteiger partial charge is 0.0635 e. The molecule has 2 rings (SSSR count). The van der Waals surface area contributed by atoms with Crippen molar-refractivity contribution in [3.8, 4) is 0 Å². The van der Waals surface area contributed by atoms with Gasteiger partial charge in [0.25, 0.3) is 0 Å². The molecule has 18 heavy (non-hydrogen) atoms. The Morgan fingerprint density at radius 3 is 3.06 bits per heavy atom. The van der Waals surface area contributed by atoms with E-state index >= 15 is 0 Å². The van der Waals surface area contributed by atoms with Gasteiger partial charge in [-0.25, -0.2) is 0 Å². The lowest BCUT2D eigenvalue weighted by molar-refractivity contribution is -0.0527. The van der Waals surface area contributed by atoms with Crippen molar-refractivity contribution in [1.82, 2.24) is 10.2 Å². The number of nitrogens with one attached hydrogen (secondary N) is 1. The Bertz CT molecular complexity index is 238. The summed E-state index contributed by atoms with van der Waals surface area (Å²) in [6.07, 6.45) is 5.51. The Labute approximate surface area is 111 Å². The molecule has 4 nitrogen and oxygen atoms in total. The number of nitrogens with zero attached hydrogens (tertiary/aromatic N) is 1. The maximum Gasteiger partial charge on any atom is 0.0635 e. The molecule has 3 unspecified atom stereocenters. The molecule has 3 atom stereocenters. The van der Waals surface area contributed by atoms with E-state index < -0.39 is 0 Å². The van der Waals surface area contributed by atoms with E-state index in [1.807, 2.05) is 7.11 Å². The predicted octanol–water partition coefficient (Wildman–Crippen LogP) is 1.25. The summed E-state index contributed by atoms with van der Waals surface area (Å²) < 4.78 is 11.2. The summed E-state index contributed by atoms with van der Waals surface area (Å²) in [5.74, 6) is 0. The van der Waals surface area contributed by atoms with Crippen molar-refractivity contribution < 1.29 is 9.47 Å². The number of hydrogen-bond donors (Lipinski definition) is 1. The summed E-state index contributed by atoms with van der Waals surface area (Å²) in [5.41, 5.74) is 0. The highest BCUT2D eigenvalue weighted by atomic mass is 16.5. The first kappa shape index (κ1) is 14.3. The summed E-state index contributed by atoms with van der Waals surface area (Å²) in [5, 5.41) is 3.46. The maximum atomic E-state index is 5.64. The van der Waals surface area contributed by atoms with Gasteiger partial charge < -0.3 is 14.8 Å². The zero-order valence-corrected chi connectivity index (χ0v) is 11.9. The third-order valence-electron chi connectivity index (χ3n) is 4.30. The van der Waals surface area contributed by atoms with E-state index in [-0.39, 0.29) is 0 Å². The molecule has 0 radical (unpaired) electrons. The van der Waals surface area contributed by atoms with Crippen LogP contribution in [-0.4, -0.2) is 63.0 Å². The molecular formula is C14H28N2O2. The quantitative estimate of drug-likeness (QED) is 0.803. The van der Waals surface area contributed by atoms with Crippen LogP contribution in [-0.2, 0) is 9.47 Å². The van der Waals surface area contributed by atoms with Crippen LogP contribution in [0.1, 0.15) is 32.6 Å². The molecule has 0 aromatic carbocycles. The molecule has 0 aromatic rings. The highest BCUT2D eigenvalue weighted by molar-refractivity contribution is 4.87. The largest absolute Gasteiger partial charge is 0.381 e. The fourth-order valence-corrected chi connectivity index (χ4v) is 3.27. The molecule has 1 saturated heterocycles. The molecule has 0 bridgehead atoms. The molecule has 0 aromatic heterocycles. The molecule has 2 fully saturated rings. The fourth-order valence-electron chi connectivity index (χ4n) is 3.27. The van der Waals surface area contributed by atoms with Crippen LogP contribution >= 0.6 is 0 Å². The lowest BCUT2D eigenvalue weighted by Crippen LogP contribution is -2.55. The topological polar surface area (TPSA) is 33.7 Å². The first-order chi connectivity index (χ1) is 8.85. The van der Waals surface area contributed by atoms with Gasteiger partial charge in [-0.2, -0.15) is 0 Å². The predicted molar refractivity (Wildman–Crippen MR) is 72.9 cm³/mol. The van der Waals surface area contributed by atoms with E-state index in [9.17, 15) is 0 Å². The Morgan fingerprint density at radius 2 is 2.28 bits per heavy atom. The van der Waals surface area contributed by atoms with Crippen LogP contribution in [0.5, 0.6) is 0 Å². The van der Waals surface area contributed by atoms with E-state index in [0.717, 1.165) is 32.8 Å². The van der Waals surface area contributed by atoms with E-state index in [1.54, 1.807) is 0 Å². The average molecular weight is 256 g/mol. The van der Waals surface area contributed by atoms with Crippen molar-refractivity contribution in [1.29, 1.82) is 0 Å². The zero-order chi connectivity index (χ0) is 12.8. The first-order valence-corrected chi connectivity index (χ1v) is 7.42. The highest BCUT2D eigenvalue weighted by Gasteiger charge is 2.32. The SMILES string of the molecule is CCNCC1COCCN1C1CCCC(OC)C1. The van der Waals surface area contributed by atoms with Gasteiger partial charge >= 0.3 is 0 Å². The van der Waals surface area contributed by atoms with E-state index in [1.165, 1.54) is 25.7 Å². The highest BCUT2D eigenvalue weighted by Crippen LogP contribution is 2.27. The van der Waals surface area contributed by atoms with Crippen molar-refractivity contribution in [3.05, 3.63) is 0 Å². The van der Waals surface area contributed by atoms with Crippen LogP contribution < -0.4 is 5.32 Å². The molecule has 4 heteroatoms. The number of methoxy groups -OCH3 is 1. The Balaban J connectivity index is 1.90. The molecule has 0 spiro atoms. The third kappa shape index (κ3) is 3.67. The number of hydrogen-bond acceptors (Lipinski definition) is 4. The van der Waals surface area contributed by atoms with E-state index in [0.29, 0.717) is 18.2 Å². The first-order valence-electron chi connectivity index (χ1n) is 7.42. The normalized spacial score (nSPS) is 34.7. The summed E-state index contributed by atoms with van der Waals surface area (Å²) in [6.45, 7) is 7.09. The van der Waals surface area contributed by atoms with Crippen molar-refractivity contribution in [2.45, 2.75) is 50.8 Å². The van der Waals surface area contributed by atoms with Crippen molar-refractivity contribution in [2.24, 2.45) is 0 Å². The lowest BCUT2D eigenvalue weighted by atomic mass is 9.90. The standard InChI is InChI=1S/C14H28N2O2/c1-3-15-10-13-11-18-8-7-16(13)12-5-4-6-14(9-12)17-2/h12-15H,3-11H2,1-2H3. The minimum Gasteiger partial charge on any atom is -0.381 e. The lowest BCUT2D eigenvalue weighted by Gasteiger charge is -2.44. The summed E-state index contributed by atoms with van der Waals surface area (Å²) >= 11 is 0. The van der Waals surface area contributed by atoms with Gasteiger partial charge in [0.05, 0.1) is 19.3 Å². The molecule has 1 aliphatic carbocycles. The molecule has 106 valence electrons. The van der Waals surface area contributed by atoms with Gasteiger partial charge in [-0.1, -0.05) is 6.92 Å². The van der Waals surface area contributed by atoms with Crippen LogP contribution in [0.15, 0.2) is 0 Å². The van der Waals surface area contributed by atoms with Crippen LogP contribution in [0, 0.1) is 0 Å². The molecule has 1 heterocycles. The Morgan fingerprint density at radius 1 is 1.39 bits per heavy atom. The maximum absolute atomic E-state index is 5.64. The average Bonchev–Trinajstić information content (AvgIpc) is 2.45. The van der Waals surface area contributed by atoms with E-state index in [2.05, 4.69) is 17.1 Å². The van der Waals surface area contributed by atoms with Gasteiger partial charge in [-0.05, 0) is 32.2 Å². The Hall–Kier alpha value is -0.160. The monoisotopic (exact) mass is 256 g/mol. The number of ether oxygens (including phenoxy) is 2. The summed E-state index contributed by atoms with van der Waals surface area (Å²) in [7, 11) is 1.85. The number of rotatable bonds is 5. The van der Waals surface area contributed by atoms with Gasteiger partial charge in [0.2, 0.25) is 0 Å². The molecule has 0 amide bonds. The second-order valence-electron chi connectivity index (χ2n) is 5.45.